The van der Waals surface area contributed by atoms with Crippen LogP contribution in [0.25, 0.3) is 0 Å². The van der Waals surface area contributed by atoms with E-state index in [-0.39, 0.29) is 35.7 Å². The van der Waals surface area contributed by atoms with Crippen LogP contribution in [0.3, 0.4) is 0 Å². The second-order valence-electron chi connectivity index (χ2n) is 7.13. The maximum absolute atomic E-state index is 11.6. The summed E-state index contributed by atoms with van der Waals surface area (Å²) >= 11 is 0. The Labute approximate surface area is 137 Å². The van der Waals surface area contributed by atoms with E-state index in [4.69, 9.17) is 18.9 Å². The van der Waals surface area contributed by atoms with Crippen LogP contribution >= 0.6 is 0 Å². The monoisotopic (exact) mass is 328 g/mol. The van der Waals surface area contributed by atoms with Gasteiger partial charge in [0.1, 0.15) is 5.60 Å². The molecule has 0 aromatic rings. The largest absolute Gasteiger partial charge is 0.433 e. The molecule has 2 heterocycles. The molecule has 0 aromatic carbocycles. The molecule has 0 aromatic heterocycles. The number of ether oxygens (including phenoxy) is 4. The van der Waals surface area contributed by atoms with Crippen molar-refractivity contribution in [2.45, 2.75) is 64.8 Å². The maximum atomic E-state index is 11.6. The van der Waals surface area contributed by atoms with E-state index in [9.17, 15) is 9.90 Å². The van der Waals surface area contributed by atoms with Gasteiger partial charge in [-0.3, -0.25) is 4.79 Å². The normalized spacial score (nSPS) is 49.3. The Morgan fingerprint density at radius 3 is 2.70 bits per heavy atom. The molecule has 3 aliphatic rings. The first-order chi connectivity index (χ1) is 10.9. The summed E-state index contributed by atoms with van der Waals surface area (Å²) in [7, 11) is 0. The molecule has 2 saturated heterocycles. The van der Waals surface area contributed by atoms with Crippen molar-refractivity contribution >= 4 is 5.97 Å². The van der Waals surface area contributed by atoms with Gasteiger partial charge in [0.2, 0.25) is 6.29 Å². The van der Waals surface area contributed by atoms with Crippen LogP contribution in [0.4, 0.5) is 0 Å². The summed E-state index contributed by atoms with van der Waals surface area (Å²) in [6, 6.07) is 0. The fraction of sp³-hybridized carbons (Fsp3) is 0.941. The number of hydrogen-bond acceptors (Lipinski definition) is 6. The van der Waals surface area contributed by atoms with Crippen molar-refractivity contribution in [1.82, 2.24) is 0 Å². The fourth-order valence-electron chi connectivity index (χ4n) is 4.89. The highest BCUT2D eigenvalue weighted by Crippen LogP contribution is 2.57. The molecule has 0 amide bonds. The highest BCUT2D eigenvalue weighted by Gasteiger charge is 2.67. The summed E-state index contributed by atoms with van der Waals surface area (Å²) in [5.74, 6) is -0.0850. The van der Waals surface area contributed by atoms with Gasteiger partial charge in [-0.2, -0.15) is 0 Å². The molecule has 132 valence electrons. The van der Waals surface area contributed by atoms with E-state index in [1.165, 1.54) is 6.92 Å². The van der Waals surface area contributed by atoms with E-state index in [0.717, 1.165) is 6.42 Å². The van der Waals surface area contributed by atoms with Crippen LogP contribution in [0.2, 0.25) is 0 Å². The maximum Gasteiger partial charge on any atom is 0.305 e. The Morgan fingerprint density at radius 1 is 1.30 bits per heavy atom. The van der Waals surface area contributed by atoms with Gasteiger partial charge in [0.15, 0.2) is 6.29 Å². The summed E-state index contributed by atoms with van der Waals surface area (Å²) in [5.41, 5.74) is -0.669. The first-order valence-electron chi connectivity index (χ1n) is 8.68. The molecule has 1 aliphatic carbocycles. The van der Waals surface area contributed by atoms with Gasteiger partial charge in [-0.1, -0.05) is 13.8 Å². The van der Waals surface area contributed by atoms with E-state index >= 15 is 0 Å². The second-order valence-corrected chi connectivity index (χ2v) is 7.13. The van der Waals surface area contributed by atoms with Crippen LogP contribution < -0.4 is 0 Å². The van der Waals surface area contributed by atoms with Crippen LogP contribution in [0, 0.1) is 23.7 Å². The van der Waals surface area contributed by atoms with Crippen molar-refractivity contribution in [3.8, 4) is 0 Å². The molecule has 0 bridgehead atoms. The van der Waals surface area contributed by atoms with Crippen LogP contribution in [-0.4, -0.2) is 48.6 Å². The van der Waals surface area contributed by atoms with Gasteiger partial charge in [0.25, 0.3) is 0 Å². The summed E-state index contributed by atoms with van der Waals surface area (Å²) in [5, 5.41) is 10.5. The minimum absolute atomic E-state index is 0.0378. The van der Waals surface area contributed by atoms with E-state index in [0.29, 0.717) is 19.6 Å². The lowest BCUT2D eigenvalue weighted by Crippen LogP contribution is -2.68. The van der Waals surface area contributed by atoms with Crippen molar-refractivity contribution in [2.24, 2.45) is 23.7 Å². The third-order valence-electron chi connectivity index (χ3n) is 5.97. The van der Waals surface area contributed by atoms with E-state index in [2.05, 4.69) is 6.92 Å². The predicted octanol–water partition coefficient (Wildman–Crippen LogP) is 1.70. The molecule has 6 heteroatoms. The molecule has 0 radical (unpaired) electrons. The minimum Gasteiger partial charge on any atom is -0.433 e. The number of esters is 1. The molecule has 1 N–H and O–H groups in total. The Balaban J connectivity index is 1.99. The van der Waals surface area contributed by atoms with Gasteiger partial charge in [-0.05, 0) is 25.7 Å². The van der Waals surface area contributed by atoms with Gasteiger partial charge in [0.05, 0.1) is 6.10 Å². The Morgan fingerprint density at radius 2 is 2.04 bits per heavy atom. The fourth-order valence-corrected chi connectivity index (χ4v) is 4.89. The molecule has 1 spiro atoms. The average Bonchev–Trinajstić information content (AvgIpc) is 2.93. The standard InChI is InChI=1S/C17H28O6/c1-5-20-15-10(3)13-8-14(19)9(2)12-6-7-21-17(12,13)16(23-15)22-11(4)18/h9-10,12-16,19H,5-8H2,1-4H3/t9-,10+,12-,13-,14-,15-,16-,17+/m0/s1. The SMILES string of the molecule is CCO[C@H]1O[C@H](OC(C)=O)[C@@]23OCC[C@H]2[C@H](C)[C@@H](O)C[C@H]3[C@H]1C. The third-order valence-corrected chi connectivity index (χ3v) is 5.97. The summed E-state index contributed by atoms with van der Waals surface area (Å²) in [6.45, 7) is 8.53. The molecule has 23 heavy (non-hydrogen) atoms. The Bertz CT molecular complexity index is 454. The van der Waals surface area contributed by atoms with E-state index in [1.807, 2.05) is 13.8 Å². The highest BCUT2D eigenvalue weighted by atomic mass is 16.8. The van der Waals surface area contributed by atoms with Crippen molar-refractivity contribution < 1.29 is 28.8 Å². The molecule has 8 atom stereocenters. The molecule has 2 aliphatic heterocycles. The van der Waals surface area contributed by atoms with Crippen LogP contribution in [0.15, 0.2) is 0 Å². The predicted molar refractivity (Wildman–Crippen MR) is 81.3 cm³/mol. The number of carbonyl (C=O) groups excluding carboxylic acids is 1. The molecule has 3 rings (SSSR count). The molecule has 6 nitrogen and oxygen atoms in total. The average molecular weight is 328 g/mol. The smallest absolute Gasteiger partial charge is 0.305 e. The number of hydrogen-bond donors (Lipinski definition) is 1. The van der Waals surface area contributed by atoms with Crippen LogP contribution in [-0.2, 0) is 23.7 Å². The lowest BCUT2D eigenvalue weighted by Gasteiger charge is -2.57. The summed E-state index contributed by atoms with van der Waals surface area (Å²) in [6.07, 6.45) is -0.142. The second kappa shape index (κ2) is 6.31. The van der Waals surface area contributed by atoms with Crippen molar-refractivity contribution in [1.29, 1.82) is 0 Å². The van der Waals surface area contributed by atoms with Crippen LogP contribution in [0.1, 0.15) is 40.5 Å². The van der Waals surface area contributed by atoms with Crippen LogP contribution in [0.5, 0.6) is 0 Å². The lowest BCUT2D eigenvalue weighted by atomic mass is 9.58. The van der Waals surface area contributed by atoms with Crippen molar-refractivity contribution in [2.75, 3.05) is 13.2 Å². The van der Waals surface area contributed by atoms with E-state index in [1.54, 1.807) is 0 Å². The molecule has 3 fully saturated rings. The molecule has 1 saturated carbocycles. The zero-order chi connectivity index (χ0) is 16.8. The van der Waals surface area contributed by atoms with Crippen molar-refractivity contribution in [3.63, 3.8) is 0 Å². The number of carbonyl (C=O) groups is 1. The third kappa shape index (κ3) is 2.60. The quantitative estimate of drug-likeness (QED) is 0.795. The van der Waals surface area contributed by atoms with Gasteiger partial charge in [0, 0.05) is 37.9 Å². The summed E-state index contributed by atoms with van der Waals surface area (Å²) < 4.78 is 23.5. The van der Waals surface area contributed by atoms with E-state index < -0.39 is 18.2 Å². The zero-order valence-electron chi connectivity index (χ0n) is 14.4. The van der Waals surface area contributed by atoms with Gasteiger partial charge in [-0.15, -0.1) is 0 Å². The summed E-state index contributed by atoms with van der Waals surface area (Å²) in [4.78, 5) is 11.6. The Kier molecular flexibility index (Phi) is 4.71. The highest BCUT2D eigenvalue weighted by molar-refractivity contribution is 5.66. The molecule has 0 unspecified atom stereocenters. The number of aliphatic hydroxyl groups is 1. The molecular formula is C17H28O6. The molecular weight excluding hydrogens is 300 g/mol. The minimum atomic E-state index is -0.778. The number of rotatable bonds is 3. The lowest BCUT2D eigenvalue weighted by molar-refractivity contribution is -0.372. The first-order valence-corrected chi connectivity index (χ1v) is 8.68. The first kappa shape index (κ1) is 17.1. The number of aliphatic hydroxyl groups excluding tert-OH is 1. The zero-order valence-corrected chi connectivity index (χ0v) is 14.4. The van der Waals surface area contributed by atoms with Gasteiger partial charge in [-0.25, -0.2) is 0 Å². The van der Waals surface area contributed by atoms with Gasteiger partial charge < -0.3 is 24.1 Å². The Hall–Kier alpha value is -0.690. The van der Waals surface area contributed by atoms with Gasteiger partial charge >= 0.3 is 5.97 Å². The topological polar surface area (TPSA) is 74.2 Å². The van der Waals surface area contributed by atoms with Crippen molar-refractivity contribution in [3.05, 3.63) is 0 Å².